The van der Waals surface area contributed by atoms with Crippen LogP contribution in [0.4, 0.5) is 0 Å². The van der Waals surface area contributed by atoms with E-state index in [9.17, 15) is 4.79 Å². The Morgan fingerprint density at radius 3 is 1.74 bits per heavy atom. The van der Waals surface area contributed by atoms with Gasteiger partial charge in [0.2, 0.25) is 0 Å². The molecule has 0 aliphatic carbocycles. The lowest BCUT2D eigenvalue weighted by molar-refractivity contribution is -0.151. The number of carbonyl (C=O) groups is 1. The zero-order valence-electron chi connectivity index (χ0n) is 13.7. The maximum atomic E-state index is 11.7. The smallest absolute Gasteiger partial charge is 0.302 e. The van der Waals surface area contributed by atoms with Gasteiger partial charge in [-0.3, -0.25) is 4.79 Å². The average molecular weight is 309 g/mol. The van der Waals surface area contributed by atoms with Crippen molar-refractivity contribution in [3.63, 3.8) is 0 Å². The van der Waals surface area contributed by atoms with Gasteiger partial charge in [-0.05, 0) is 18.2 Å². The summed E-state index contributed by atoms with van der Waals surface area (Å²) >= 11 is 0. The average Bonchev–Trinajstić information content (AvgIpc) is 2.57. The molecule has 0 amide bonds. The quantitative estimate of drug-likeness (QED) is 0.814. The molecule has 3 nitrogen and oxygen atoms in total. The van der Waals surface area contributed by atoms with E-state index in [-0.39, 0.29) is 23.9 Å². The van der Waals surface area contributed by atoms with Gasteiger partial charge in [0.15, 0.2) is 0 Å². The zero-order valence-corrected chi connectivity index (χ0v) is 13.7. The van der Waals surface area contributed by atoms with Gasteiger partial charge in [-0.1, -0.05) is 60.7 Å². The second-order valence-corrected chi connectivity index (χ2v) is 6.33. The molecule has 120 valence electrons. The summed E-state index contributed by atoms with van der Waals surface area (Å²) < 4.78 is 5.81. The number of hydrogen-bond donors (Lipinski definition) is 0. The number of carbonyl (C=O) groups excluding carboxylic acids is 1. The molecule has 1 saturated heterocycles. The van der Waals surface area contributed by atoms with E-state index in [4.69, 9.17) is 4.74 Å². The Morgan fingerprint density at radius 2 is 1.35 bits per heavy atom. The zero-order chi connectivity index (χ0) is 16.2. The predicted octanol–water partition coefficient (Wildman–Crippen LogP) is 3.43. The summed E-state index contributed by atoms with van der Waals surface area (Å²) in [5.41, 5.74) is 2.46. The molecule has 3 rings (SSSR count). The second-order valence-electron chi connectivity index (χ2n) is 6.33. The molecule has 0 unspecified atom stereocenters. The summed E-state index contributed by atoms with van der Waals surface area (Å²) in [6.45, 7) is 3.29. The highest BCUT2D eigenvalue weighted by molar-refractivity contribution is 5.66. The number of likely N-dealkylation sites (tertiary alicyclic amines) is 1. The lowest BCUT2D eigenvalue weighted by atomic mass is 9.78. The predicted molar refractivity (Wildman–Crippen MR) is 91.4 cm³/mol. The highest BCUT2D eigenvalue weighted by Crippen LogP contribution is 2.37. The summed E-state index contributed by atoms with van der Waals surface area (Å²) in [6, 6.07) is 20.7. The fourth-order valence-electron chi connectivity index (χ4n) is 3.58. The molecule has 2 aromatic rings. The number of ether oxygens (including phenoxy) is 1. The van der Waals surface area contributed by atoms with Crippen molar-refractivity contribution in [2.45, 2.75) is 24.9 Å². The van der Waals surface area contributed by atoms with E-state index in [1.165, 1.54) is 18.1 Å². The lowest BCUT2D eigenvalue weighted by Crippen LogP contribution is -2.47. The van der Waals surface area contributed by atoms with E-state index in [2.05, 4.69) is 36.2 Å². The third-order valence-corrected chi connectivity index (χ3v) is 4.57. The van der Waals surface area contributed by atoms with Crippen LogP contribution in [0.1, 0.15) is 29.9 Å². The minimum atomic E-state index is -0.207. The van der Waals surface area contributed by atoms with Gasteiger partial charge in [0.05, 0.1) is 0 Å². The molecule has 0 spiro atoms. The third kappa shape index (κ3) is 3.62. The molecule has 0 saturated carbocycles. The minimum Gasteiger partial charge on any atom is -0.461 e. The van der Waals surface area contributed by atoms with Crippen LogP contribution < -0.4 is 0 Å². The van der Waals surface area contributed by atoms with E-state index < -0.39 is 0 Å². The minimum absolute atomic E-state index is 0.131. The lowest BCUT2D eigenvalue weighted by Gasteiger charge is -2.42. The van der Waals surface area contributed by atoms with Gasteiger partial charge in [-0.25, -0.2) is 0 Å². The Balaban J connectivity index is 1.98. The molecule has 0 bridgehead atoms. The highest BCUT2D eigenvalue weighted by Gasteiger charge is 2.39. The molecule has 0 radical (unpaired) electrons. The molecule has 2 atom stereocenters. The monoisotopic (exact) mass is 309 g/mol. The Kier molecular flexibility index (Phi) is 4.77. The number of benzene rings is 2. The first-order valence-electron chi connectivity index (χ1n) is 8.11. The topological polar surface area (TPSA) is 29.5 Å². The molecule has 1 fully saturated rings. The van der Waals surface area contributed by atoms with E-state index in [0.717, 1.165) is 13.1 Å². The standard InChI is InChI=1S/C20H23NO2/c1-15(22)23-20-18(16-9-5-3-6-10-16)13-21(2)14-19(20)17-11-7-4-8-12-17/h3-12,18-20H,13-14H2,1-2H3/t18-,19-/m0/s1. The first-order valence-corrected chi connectivity index (χ1v) is 8.11. The Labute approximate surface area is 137 Å². The summed E-state index contributed by atoms with van der Waals surface area (Å²) in [5, 5.41) is 0. The van der Waals surface area contributed by atoms with Gasteiger partial charge in [0.1, 0.15) is 6.10 Å². The van der Waals surface area contributed by atoms with Crippen molar-refractivity contribution in [2.75, 3.05) is 20.1 Å². The van der Waals surface area contributed by atoms with Crippen molar-refractivity contribution >= 4 is 5.97 Å². The van der Waals surface area contributed by atoms with Gasteiger partial charge < -0.3 is 9.64 Å². The Morgan fingerprint density at radius 1 is 0.913 bits per heavy atom. The van der Waals surface area contributed by atoms with Crippen LogP contribution >= 0.6 is 0 Å². The number of esters is 1. The van der Waals surface area contributed by atoms with Crippen LogP contribution in [-0.4, -0.2) is 37.1 Å². The van der Waals surface area contributed by atoms with Gasteiger partial charge in [-0.2, -0.15) is 0 Å². The van der Waals surface area contributed by atoms with Gasteiger partial charge in [0.25, 0.3) is 0 Å². The van der Waals surface area contributed by atoms with E-state index in [0.29, 0.717) is 0 Å². The maximum absolute atomic E-state index is 11.7. The number of rotatable bonds is 3. The van der Waals surface area contributed by atoms with Gasteiger partial charge in [0, 0.05) is 31.8 Å². The Bertz CT molecular complexity index is 592. The highest BCUT2D eigenvalue weighted by atomic mass is 16.5. The van der Waals surface area contributed by atoms with Crippen molar-refractivity contribution in [1.29, 1.82) is 0 Å². The number of hydrogen-bond acceptors (Lipinski definition) is 3. The van der Waals surface area contributed by atoms with E-state index in [1.807, 2.05) is 36.4 Å². The van der Waals surface area contributed by atoms with Crippen molar-refractivity contribution in [3.8, 4) is 0 Å². The fourth-order valence-corrected chi connectivity index (χ4v) is 3.58. The van der Waals surface area contributed by atoms with Crippen LogP contribution in [0.3, 0.4) is 0 Å². The Hall–Kier alpha value is -2.13. The molecular weight excluding hydrogens is 286 g/mol. The van der Waals surface area contributed by atoms with Gasteiger partial charge in [-0.15, -0.1) is 0 Å². The molecule has 1 aliphatic heterocycles. The van der Waals surface area contributed by atoms with Crippen LogP contribution in [0.15, 0.2) is 60.7 Å². The molecule has 23 heavy (non-hydrogen) atoms. The van der Waals surface area contributed by atoms with Crippen molar-refractivity contribution in [3.05, 3.63) is 71.8 Å². The summed E-state index contributed by atoms with van der Waals surface area (Å²) in [4.78, 5) is 14.0. The summed E-state index contributed by atoms with van der Waals surface area (Å²) in [7, 11) is 2.13. The molecule has 1 aliphatic rings. The molecule has 3 heteroatoms. The number of nitrogens with zero attached hydrogens (tertiary/aromatic N) is 1. The van der Waals surface area contributed by atoms with E-state index >= 15 is 0 Å². The molecule has 2 aromatic carbocycles. The molecule has 0 N–H and O–H groups in total. The fraction of sp³-hybridized carbons (Fsp3) is 0.350. The van der Waals surface area contributed by atoms with Crippen molar-refractivity contribution in [1.82, 2.24) is 4.90 Å². The first-order chi connectivity index (χ1) is 11.1. The number of likely N-dealkylation sites (N-methyl/N-ethyl adjacent to an activating group) is 1. The van der Waals surface area contributed by atoms with Gasteiger partial charge >= 0.3 is 5.97 Å². The van der Waals surface area contributed by atoms with Crippen LogP contribution in [0, 0.1) is 0 Å². The normalized spacial score (nSPS) is 22.7. The van der Waals surface area contributed by atoms with Crippen LogP contribution in [0.2, 0.25) is 0 Å². The van der Waals surface area contributed by atoms with E-state index in [1.54, 1.807) is 0 Å². The maximum Gasteiger partial charge on any atom is 0.302 e. The summed E-state index contributed by atoms with van der Waals surface area (Å²) in [6.07, 6.45) is -0.131. The number of piperidine rings is 1. The SMILES string of the molecule is CC(=O)OC1[C@H](c2ccccc2)CN(C)C[C@H]1c1ccccc1. The van der Waals surface area contributed by atoms with Crippen LogP contribution in [0.5, 0.6) is 0 Å². The van der Waals surface area contributed by atoms with Crippen molar-refractivity contribution in [2.24, 2.45) is 0 Å². The second kappa shape index (κ2) is 6.97. The third-order valence-electron chi connectivity index (χ3n) is 4.57. The largest absolute Gasteiger partial charge is 0.461 e. The van der Waals surface area contributed by atoms with Crippen molar-refractivity contribution < 1.29 is 9.53 Å². The first kappa shape index (κ1) is 15.8. The van der Waals surface area contributed by atoms with Crippen LogP contribution in [0.25, 0.3) is 0 Å². The summed E-state index contributed by atoms with van der Waals surface area (Å²) in [5.74, 6) is 0.162. The molecule has 1 heterocycles. The molecule has 0 aromatic heterocycles. The van der Waals surface area contributed by atoms with Crippen LogP contribution in [-0.2, 0) is 9.53 Å². The molecular formula is C20H23NO2.